The smallest absolute Gasteiger partial charge is 0.278 e. The average molecular weight is 454 g/mol. The van der Waals surface area contributed by atoms with Gasteiger partial charge < -0.3 is 9.64 Å². The predicted octanol–water partition coefficient (Wildman–Crippen LogP) is 3.67. The number of carbonyl (C=O) groups excluding carboxylic acids is 2. The topological polar surface area (TPSA) is 53.1 Å². The first kappa shape index (κ1) is 22.5. The zero-order valence-electron chi connectivity index (χ0n) is 18.3. The summed E-state index contributed by atoms with van der Waals surface area (Å²) >= 11 is 6.07. The van der Waals surface area contributed by atoms with Crippen LogP contribution in [0, 0.1) is 0 Å². The number of imide groups is 1. The molecule has 4 rings (SSSR count). The number of anilines is 1. The first-order valence-electron chi connectivity index (χ1n) is 11.1. The molecule has 2 amide bonds. The molecule has 0 radical (unpaired) electrons. The van der Waals surface area contributed by atoms with E-state index in [1.165, 1.54) is 4.90 Å². The molecule has 168 valence electrons. The number of likely N-dealkylation sites (N-methyl/N-ethyl adjacent to an activating group) is 1. The molecule has 2 aliphatic heterocycles. The third-order valence-electron chi connectivity index (χ3n) is 5.89. The molecule has 0 aromatic heterocycles. The van der Waals surface area contributed by atoms with E-state index in [0.29, 0.717) is 34.9 Å². The van der Waals surface area contributed by atoms with Gasteiger partial charge in [-0.2, -0.15) is 0 Å². The minimum Gasteiger partial charge on any atom is -0.379 e. The van der Waals surface area contributed by atoms with E-state index in [1.54, 1.807) is 24.3 Å². The average Bonchev–Trinajstić information content (AvgIpc) is 3.06. The van der Waals surface area contributed by atoms with Crippen LogP contribution >= 0.6 is 11.6 Å². The lowest BCUT2D eigenvalue weighted by Gasteiger charge is -2.27. The molecule has 2 aromatic carbocycles. The molecule has 1 fully saturated rings. The molecule has 1 saturated heterocycles. The van der Waals surface area contributed by atoms with Gasteiger partial charge in [-0.25, -0.2) is 0 Å². The van der Waals surface area contributed by atoms with E-state index in [4.69, 9.17) is 16.3 Å². The van der Waals surface area contributed by atoms with Gasteiger partial charge in [-0.15, -0.1) is 0 Å². The fraction of sp³-hybridized carbons (Fsp3) is 0.360. The fourth-order valence-corrected chi connectivity index (χ4v) is 4.37. The second-order valence-electron chi connectivity index (χ2n) is 7.88. The predicted molar refractivity (Wildman–Crippen MR) is 126 cm³/mol. The van der Waals surface area contributed by atoms with Gasteiger partial charge >= 0.3 is 0 Å². The van der Waals surface area contributed by atoms with Crippen LogP contribution in [0.15, 0.2) is 60.3 Å². The number of rotatable bonds is 8. The van der Waals surface area contributed by atoms with Gasteiger partial charge in [0.25, 0.3) is 11.8 Å². The van der Waals surface area contributed by atoms with Crippen molar-refractivity contribution in [3.05, 3.63) is 70.9 Å². The highest BCUT2D eigenvalue weighted by atomic mass is 35.5. The molecule has 2 aliphatic rings. The minimum absolute atomic E-state index is 0.243. The maximum absolute atomic E-state index is 13.6. The van der Waals surface area contributed by atoms with Gasteiger partial charge in [-0.1, -0.05) is 41.9 Å². The van der Waals surface area contributed by atoms with Gasteiger partial charge in [0.2, 0.25) is 0 Å². The minimum atomic E-state index is -0.247. The Morgan fingerprint density at radius 1 is 0.938 bits per heavy atom. The van der Waals surface area contributed by atoms with Crippen LogP contribution in [0.5, 0.6) is 0 Å². The molecule has 7 heteroatoms. The van der Waals surface area contributed by atoms with Crippen molar-refractivity contribution in [2.24, 2.45) is 0 Å². The van der Waals surface area contributed by atoms with Crippen molar-refractivity contribution in [2.45, 2.75) is 13.3 Å². The Morgan fingerprint density at radius 2 is 1.62 bits per heavy atom. The van der Waals surface area contributed by atoms with Gasteiger partial charge in [0.15, 0.2) is 0 Å². The van der Waals surface area contributed by atoms with E-state index in [1.807, 2.05) is 42.2 Å². The normalized spacial score (nSPS) is 17.4. The number of carbonyl (C=O) groups is 2. The number of nitrogens with zero attached hydrogens (tertiary/aromatic N) is 3. The van der Waals surface area contributed by atoms with Crippen LogP contribution in [0.2, 0.25) is 5.02 Å². The third kappa shape index (κ3) is 4.72. The molecule has 32 heavy (non-hydrogen) atoms. The zero-order chi connectivity index (χ0) is 22.5. The number of halogens is 1. The summed E-state index contributed by atoms with van der Waals surface area (Å²) in [7, 11) is 0. The van der Waals surface area contributed by atoms with Crippen molar-refractivity contribution < 1.29 is 14.3 Å². The number of para-hydroxylation sites is 1. The van der Waals surface area contributed by atoms with Crippen molar-refractivity contribution >= 4 is 34.7 Å². The monoisotopic (exact) mass is 453 g/mol. The summed E-state index contributed by atoms with van der Waals surface area (Å²) < 4.78 is 5.40. The lowest BCUT2D eigenvalue weighted by molar-refractivity contribution is -0.137. The molecule has 0 aliphatic carbocycles. The van der Waals surface area contributed by atoms with Gasteiger partial charge in [-0.3, -0.25) is 19.4 Å². The summed E-state index contributed by atoms with van der Waals surface area (Å²) in [6, 6.07) is 16.8. The highest BCUT2D eigenvalue weighted by Crippen LogP contribution is 2.34. The standard InChI is InChI=1S/C25H28ClN3O3/c1-2-28(21-7-4-3-5-8-21)23-22(19-9-11-20(26)12-10-19)24(30)29(25(23)31)14-6-13-27-15-17-32-18-16-27/h3-5,7-12H,2,6,13-18H2,1H3. The quantitative estimate of drug-likeness (QED) is 0.571. The Bertz CT molecular complexity index is 985. The van der Waals surface area contributed by atoms with Gasteiger partial charge in [0, 0.05) is 43.4 Å². The molecule has 0 spiro atoms. The molecule has 0 bridgehead atoms. The van der Waals surface area contributed by atoms with E-state index in [0.717, 1.165) is 45.0 Å². The van der Waals surface area contributed by atoms with Gasteiger partial charge in [-0.05, 0) is 43.2 Å². The third-order valence-corrected chi connectivity index (χ3v) is 6.14. The van der Waals surface area contributed by atoms with Crippen LogP contribution in [0.25, 0.3) is 5.57 Å². The van der Waals surface area contributed by atoms with Crippen molar-refractivity contribution in [3.8, 4) is 0 Å². The molecule has 0 atom stereocenters. The molecule has 2 heterocycles. The Balaban J connectivity index is 1.63. The first-order valence-corrected chi connectivity index (χ1v) is 11.5. The Labute approximate surface area is 194 Å². The van der Waals surface area contributed by atoms with E-state index < -0.39 is 0 Å². The highest BCUT2D eigenvalue weighted by Gasteiger charge is 2.41. The van der Waals surface area contributed by atoms with Crippen LogP contribution in [0.1, 0.15) is 18.9 Å². The van der Waals surface area contributed by atoms with Crippen molar-refractivity contribution in [1.29, 1.82) is 0 Å². The summed E-state index contributed by atoms with van der Waals surface area (Å²) in [5.74, 6) is -0.490. The lowest BCUT2D eigenvalue weighted by atomic mass is 10.0. The summed E-state index contributed by atoms with van der Waals surface area (Å²) in [6.07, 6.45) is 0.732. The maximum Gasteiger partial charge on any atom is 0.278 e. The fourth-order valence-electron chi connectivity index (χ4n) is 4.25. The molecular weight excluding hydrogens is 426 g/mol. The second kappa shape index (κ2) is 10.3. The van der Waals surface area contributed by atoms with Crippen LogP contribution in [-0.2, 0) is 14.3 Å². The number of ether oxygens (including phenoxy) is 1. The molecule has 2 aromatic rings. The molecule has 0 saturated carbocycles. The molecule has 0 unspecified atom stereocenters. The second-order valence-corrected chi connectivity index (χ2v) is 8.32. The Kier molecular flexibility index (Phi) is 7.25. The van der Waals surface area contributed by atoms with Crippen LogP contribution in [0.4, 0.5) is 5.69 Å². The number of hydrogen-bond acceptors (Lipinski definition) is 5. The first-order chi connectivity index (χ1) is 15.6. The number of morpholine rings is 1. The summed E-state index contributed by atoms with van der Waals surface area (Å²) in [5, 5.41) is 0.588. The maximum atomic E-state index is 13.6. The lowest BCUT2D eigenvalue weighted by Crippen LogP contribution is -2.40. The van der Waals surface area contributed by atoms with Gasteiger partial charge in [0.05, 0.1) is 18.8 Å². The zero-order valence-corrected chi connectivity index (χ0v) is 19.1. The molecule has 6 nitrogen and oxygen atoms in total. The Morgan fingerprint density at radius 3 is 2.28 bits per heavy atom. The van der Waals surface area contributed by atoms with Gasteiger partial charge in [0.1, 0.15) is 5.70 Å². The largest absolute Gasteiger partial charge is 0.379 e. The van der Waals surface area contributed by atoms with Crippen molar-refractivity contribution in [2.75, 3.05) is 50.8 Å². The number of hydrogen-bond donors (Lipinski definition) is 0. The van der Waals surface area contributed by atoms with Crippen molar-refractivity contribution in [3.63, 3.8) is 0 Å². The van der Waals surface area contributed by atoms with E-state index in [2.05, 4.69) is 4.90 Å². The summed E-state index contributed by atoms with van der Waals surface area (Å²) in [4.78, 5) is 32.7. The summed E-state index contributed by atoms with van der Waals surface area (Å²) in [5.41, 5.74) is 2.45. The Hall–Kier alpha value is -2.67. The van der Waals surface area contributed by atoms with Crippen LogP contribution < -0.4 is 4.90 Å². The molecular formula is C25H28ClN3O3. The van der Waals surface area contributed by atoms with Crippen LogP contribution in [-0.4, -0.2) is 67.6 Å². The summed E-state index contributed by atoms with van der Waals surface area (Å²) in [6.45, 7) is 7.02. The van der Waals surface area contributed by atoms with E-state index in [-0.39, 0.29) is 11.8 Å². The van der Waals surface area contributed by atoms with E-state index >= 15 is 0 Å². The number of amides is 2. The van der Waals surface area contributed by atoms with Crippen LogP contribution in [0.3, 0.4) is 0 Å². The molecule has 0 N–H and O–H groups in total. The van der Waals surface area contributed by atoms with E-state index in [9.17, 15) is 9.59 Å². The highest BCUT2D eigenvalue weighted by molar-refractivity contribution is 6.37. The van der Waals surface area contributed by atoms with Crippen molar-refractivity contribution in [1.82, 2.24) is 9.80 Å². The SMILES string of the molecule is CCN(C1=C(c2ccc(Cl)cc2)C(=O)N(CCCN2CCOCC2)C1=O)c1ccccc1. The number of benzene rings is 2.